The van der Waals surface area contributed by atoms with Gasteiger partial charge in [-0.2, -0.15) is 19.9 Å². The van der Waals surface area contributed by atoms with Gasteiger partial charge in [0, 0.05) is 101 Å². The van der Waals surface area contributed by atoms with E-state index in [1.54, 1.807) is 13.8 Å². The number of H-pyrrole nitrogens is 3. The molecule has 67 heteroatoms. The Morgan fingerprint density at radius 3 is 1.27 bits per heavy atom. The van der Waals surface area contributed by atoms with E-state index in [2.05, 4.69) is 76.6 Å². The van der Waals surface area contributed by atoms with Gasteiger partial charge >= 0.3 is 64.5 Å². The number of aliphatic hydroxyl groups is 1. The number of aryl methyl sites for hydroxylation is 5. The lowest BCUT2D eigenvalue weighted by atomic mass is 10.1. The van der Waals surface area contributed by atoms with E-state index in [1.165, 1.54) is 95.0 Å². The number of aromatic amines is 3. The number of nitrogens with zero attached hydrogens (tertiary/aromatic N) is 11. The number of phosphoric acid groups is 2. The molecule has 0 bridgehead atoms. The number of rotatable bonds is 56. The lowest BCUT2D eigenvalue weighted by molar-refractivity contribution is -0.147. The van der Waals surface area contributed by atoms with Crippen LogP contribution >= 0.6 is 72.8 Å². The second-order valence-corrected chi connectivity index (χ2v) is 44.0. The second kappa shape index (κ2) is 50.6. The van der Waals surface area contributed by atoms with Crippen molar-refractivity contribution in [3.8, 4) is 0 Å². The average Bonchev–Trinajstić information content (AvgIpc) is 1.60. The van der Waals surface area contributed by atoms with Crippen molar-refractivity contribution >= 4 is 107 Å². The van der Waals surface area contributed by atoms with Crippen molar-refractivity contribution < 1.29 is 154 Å². The lowest BCUT2D eigenvalue weighted by Gasteiger charge is -2.31. The largest absolute Gasteiger partial charge is 0.472 e. The highest BCUT2D eigenvalue weighted by Gasteiger charge is 2.58. The molecule has 4 saturated heterocycles. The number of hydrogen-bond acceptors (Lipinski definition) is 48. The molecule has 24 unspecified atom stereocenters. The van der Waals surface area contributed by atoms with E-state index in [-0.39, 0.29) is 110 Å². The quantitative estimate of drug-likeness (QED) is 0.0137. The van der Waals surface area contributed by atoms with Crippen LogP contribution in [0.1, 0.15) is 72.8 Å². The molecule has 4 aliphatic heterocycles. The summed E-state index contributed by atoms with van der Waals surface area (Å²) in [5.74, 6) is -1.52. The molecule has 0 radical (unpaired) electrons. The first-order valence-corrected chi connectivity index (χ1v) is 54.2. The Balaban J connectivity index is 0.918. The summed E-state index contributed by atoms with van der Waals surface area (Å²) < 4.78 is 230. The van der Waals surface area contributed by atoms with Crippen LogP contribution < -0.4 is 68.1 Å². The minimum Gasteiger partial charge on any atom is -0.386 e. The summed E-state index contributed by atoms with van der Waals surface area (Å²) in [6.45, 7) is -12.7. The number of thiol groups is 3. The zero-order valence-corrected chi connectivity index (χ0v) is 85.7. The Morgan fingerprint density at radius 1 is 0.437 bits per heavy atom. The van der Waals surface area contributed by atoms with E-state index in [1.807, 2.05) is 0 Å². The fourth-order valence-corrected chi connectivity index (χ4v) is 21.4. The van der Waals surface area contributed by atoms with Gasteiger partial charge in [-0.3, -0.25) is 102 Å². The van der Waals surface area contributed by atoms with Gasteiger partial charge in [0.2, 0.25) is 5.95 Å². The van der Waals surface area contributed by atoms with Gasteiger partial charge in [-0.1, -0.05) is 50.6 Å². The van der Waals surface area contributed by atoms with Gasteiger partial charge in [-0.15, -0.1) is 0 Å². The summed E-state index contributed by atoms with van der Waals surface area (Å²) in [7, 11) is -4.16. The molecule has 59 nitrogen and oxygen atoms in total. The van der Waals surface area contributed by atoms with Gasteiger partial charge in [0.15, 0.2) is 42.3 Å². The zero-order chi connectivity index (χ0) is 104. The smallest absolute Gasteiger partial charge is 0.386 e. The Bertz CT molecular complexity index is 6260. The number of nitrogens with two attached hydrogens (primary N) is 4. The van der Waals surface area contributed by atoms with Crippen molar-refractivity contribution in [1.82, 2.24) is 67.3 Å². The third-order valence-corrected chi connectivity index (χ3v) is 29.0. The molecular formula is C75H115N18O41P5S3. The van der Waals surface area contributed by atoms with E-state index in [0.717, 1.165) is 47.0 Å². The normalized spacial score (nSPS) is 25.7. The van der Waals surface area contributed by atoms with Crippen LogP contribution in [0.5, 0.6) is 0 Å². The van der Waals surface area contributed by atoms with Gasteiger partial charge in [0.05, 0.1) is 118 Å². The number of hydrogen-bond donors (Lipinski definition) is 13. The molecule has 142 heavy (non-hydrogen) atoms. The first kappa shape index (κ1) is 115. The monoisotopic (exact) mass is 2170 g/mol. The fourth-order valence-electron chi connectivity index (χ4n) is 14.9. The van der Waals surface area contributed by atoms with Crippen molar-refractivity contribution in [3.63, 3.8) is 0 Å². The third kappa shape index (κ3) is 29.4. The summed E-state index contributed by atoms with van der Waals surface area (Å²) >= 11 is 13.0. The maximum Gasteiger partial charge on any atom is 0.472 e. The predicted octanol–water partition coefficient (Wildman–Crippen LogP) is 0.0946. The van der Waals surface area contributed by atoms with Crippen LogP contribution in [0, 0.1) is 40.5 Å². The van der Waals surface area contributed by atoms with E-state index in [9.17, 15) is 62.4 Å². The number of imidazole rings is 1. The van der Waals surface area contributed by atoms with Crippen LogP contribution in [-0.4, -0.2) is 315 Å². The summed E-state index contributed by atoms with van der Waals surface area (Å²) in [5.41, 5.74) is 16.8. The molecule has 4 fully saturated rings. The highest BCUT2D eigenvalue weighted by atomic mass is 32.7. The molecule has 0 amide bonds. The molecule has 0 aliphatic carbocycles. The number of phosphoric ester groups is 2. The summed E-state index contributed by atoms with van der Waals surface area (Å²) in [6, 6.07) is 0. The molecule has 14 N–H and O–H groups in total. The molecule has 0 spiro atoms. The van der Waals surface area contributed by atoms with Gasteiger partial charge < -0.3 is 109 Å². The summed E-state index contributed by atoms with van der Waals surface area (Å²) in [5, 5.41) is 11.9. The molecule has 25 atom stereocenters. The molecule has 11 rings (SSSR count). The third-order valence-electron chi connectivity index (χ3n) is 22.2. The molecule has 7 aromatic heterocycles. The van der Waals surface area contributed by atoms with Crippen LogP contribution in [0.3, 0.4) is 0 Å². The highest BCUT2D eigenvalue weighted by Crippen LogP contribution is 2.61. The highest BCUT2D eigenvalue weighted by molar-refractivity contribution is 8.45. The Morgan fingerprint density at radius 2 is 0.824 bits per heavy atom. The van der Waals surface area contributed by atoms with Crippen LogP contribution in [0.15, 0.2) is 75.7 Å². The number of ether oxygens (including phenoxy) is 15. The van der Waals surface area contributed by atoms with Crippen LogP contribution in [0.4, 0.5) is 23.4 Å². The van der Waals surface area contributed by atoms with Gasteiger partial charge in [-0.05, 0) is 40.5 Å². The SMILES string of the molecule is COCCOC1C(OP(=O)(O)OCC2OC(n3cc(C)c(=O)[nH]c3=O)C(OCCOC)C2OP(=O)(O)OCC2OC(n3cnc4c(=O)[nH]c(N)nc43)C(OCCOC)C2OP(=O)(S)OCC2OC(n3cc(C)c(N)nc3=O)C(OCCOC)C2OP(=O)(S)OCC(OC)C(O)C(OCCOC)n2cc(C)c(N)nc2=O)C(COP(=O)(S)O[C@H](Cn2cc(C)c(=O)[nH]c2=O)C(C)C)OC1n1cc(C)c(N)nc1=O. The van der Waals surface area contributed by atoms with Crippen LogP contribution in [0.25, 0.3) is 11.2 Å². The van der Waals surface area contributed by atoms with Gasteiger partial charge in [0.1, 0.15) is 103 Å². The number of fused-ring (bicyclic) bond motifs is 1. The number of anilines is 4. The Hall–Kier alpha value is -7.37. The Labute approximate surface area is 821 Å². The first-order valence-electron chi connectivity index (χ1n) is 43.1. The van der Waals surface area contributed by atoms with Gasteiger partial charge in [-0.25, -0.2) is 51.8 Å². The first-order chi connectivity index (χ1) is 67.1. The van der Waals surface area contributed by atoms with E-state index in [4.69, 9.17) is 139 Å². The molecule has 4 aliphatic rings. The average molecular weight is 2180 g/mol. The number of methoxy groups -OCH3 is 6. The molecule has 0 saturated carbocycles. The lowest BCUT2D eigenvalue weighted by Crippen LogP contribution is -2.44. The predicted molar refractivity (Wildman–Crippen MR) is 502 cm³/mol. The van der Waals surface area contributed by atoms with Crippen molar-refractivity contribution in [3.05, 3.63) is 149 Å². The topological polar surface area (TPSA) is 759 Å². The van der Waals surface area contributed by atoms with Crippen LogP contribution in [0.2, 0.25) is 0 Å². The second-order valence-electron chi connectivity index (χ2n) is 32.6. The standard InChI is InChI=1S/C75H115N18O41P5S3/c1-36(2)42(29-88-24-40(6)62(95)86-71(88)98)130-137(107,140)124-33-46-51(55(117-20-15-111-9)66(127-46)90-26-38(4)59(77)82-73(90)100)132-135(103,104)121-31-44-50(54(116-19-14-110-8)67(126-44)92-28-41(7)63(96)87-75(92)102)131-136(105,106)122-32-45-52(57(119-22-17-113-11)69(129-45)93-35-80-48-61(93)84-70(79)85-64(48)97)133-139(109,142)125-34-47-53(56(118-21-16-112-10)68(128-47)91-27-39(5)60(78)83-74(91)101)134-138(108,141)123-30-43(115-13)49(94)65(120-23-18-114-12)89-25-37(3)58(76)81-72(89)99/h24-28,35-36,42-47,49-57,65-69,94H,14-23,29-34H2,1-13H3,(H,103,104)(H,105,106)(H,107,140)(H,108,141)(H,109,142)(H2,76,81,99)(H2,77,82,100)(H2,78,83,101)(H,86,95,98)(H,87,96,102)(H3,79,84,85,97)/t42-,43?,44?,45?,46?,47?,49?,50?,51?,52?,53?,54?,55?,56?,57?,65?,66?,67?,68?,69?,137?,138?,139?/m1/s1. The maximum absolute atomic E-state index is 15.6. The van der Waals surface area contributed by atoms with Gasteiger partial charge in [0.25, 0.3) is 16.7 Å². The van der Waals surface area contributed by atoms with Crippen LogP contribution in [-0.2, 0) is 146 Å². The molecular weight excluding hydrogens is 2060 g/mol. The molecule has 0 aromatic carbocycles. The minimum atomic E-state index is -5.99. The van der Waals surface area contributed by atoms with E-state index >= 15 is 13.7 Å². The minimum absolute atomic E-state index is 0.0305. The summed E-state index contributed by atoms with van der Waals surface area (Å²) in [6.07, 6.45) is -28.7. The molecule has 794 valence electrons. The van der Waals surface area contributed by atoms with E-state index < -0.39 is 262 Å². The maximum atomic E-state index is 15.6. The van der Waals surface area contributed by atoms with E-state index in [0.29, 0.717) is 5.56 Å². The number of nitrogens with one attached hydrogen (secondary N) is 3. The summed E-state index contributed by atoms with van der Waals surface area (Å²) in [4.78, 5) is 158. The number of aliphatic hydroxyl groups excluding tert-OH is 1. The van der Waals surface area contributed by atoms with Crippen molar-refractivity contribution in [2.75, 3.05) is 165 Å². The number of aromatic nitrogens is 14. The van der Waals surface area contributed by atoms with Crippen molar-refractivity contribution in [1.29, 1.82) is 0 Å². The Kier molecular flexibility index (Phi) is 40.9. The van der Waals surface area contributed by atoms with Crippen molar-refractivity contribution in [2.24, 2.45) is 5.92 Å². The molecule has 11 heterocycles. The molecule has 7 aromatic rings. The number of nitrogen functional groups attached to an aromatic ring is 4. The van der Waals surface area contributed by atoms with Crippen molar-refractivity contribution in [2.45, 2.75) is 178 Å². The zero-order valence-electron chi connectivity index (χ0n) is 78.6. The fraction of sp³-hybridized carbons (Fsp3) is 0.667.